The maximum absolute atomic E-state index is 4.23. The number of rotatable bonds is 0. The van der Waals surface area contributed by atoms with E-state index in [0.29, 0.717) is 0 Å². The zero-order chi connectivity index (χ0) is 10.1. The van der Waals surface area contributed by atoms with E-state index in [4.69, 9.17) is 0 Å². The third-order valence-corrected chi connectivity index (χ3v) is 2.41. The maximum atomic E-state index is 4.23. The van der Waals surface area contributed by atoms with E-state index in [9.17, 15) is 0 Å². The lowest BCUT2D eigenvalue weighted by Crippen LogP contribution is -2.24. The molecule has 0 fully saturated rings. The molecule has 3 nitrogen and oxygen atoms in total. The van der Waals surface area contributed by atoms with Crippen LogP contribution >= 0.6 is 0 Å². The van der Waals surface area contributed by atoms with Crippen molar-refractivity contribution in [2.45, 2.75) is 0 Å². The number of nitrogens with one attached hydrogen (secondary N) is 1. The van der Waals surface area contributed by atoms with Gasteiger partial charge in [-0.05, 0) is 34.7 Å². The maximum Gasteiger partial charge on any atom is 0.0931 e. The summed E-state index contributed by atoms with van der Waals surface area (Å²) in [7, 11) is 0. The minimum Gasteiger partial charge on any atom is -0.345 e. The largest absolute Gasteiger partial charge is 0.345 e. The molecule has 1 aromatic carbocycles. The Morgan fingerprint density at radius 1 is 1.07 bits per heavy atom. The van der Waals surface area contributed by atoms with Gasteiger partial charge in [0.2, 0.25) is 0 Å². The van der Waals surface area contributed by atoms with Crippen LogP contribution < -0.4 is 10.4 Å². The average molecular weight is 195 g/mol. The molecule has 0 aliphatic carbocycles. The van der Waals surface area contributed by atoms with Crippen LogP contribution in [-0.4, -0.2) is 16.2 Å². The topological polar surface area (TPSA) is 41.0 Å². The Kier molecular flexibility index (Phi) is 1.75. The number of H-pyrrole nitrogens is 1. The second kappa shape index (κ2) is 3.20. The van der Waals surface area contributed by atoms with Gasteiger partial charge in [-0.25, -0.2) is 4.98 Å². The second-order valence-corrected chi connectivity index (χ2v) is 3.37. The number of hydrogen-bond donors (Lipinski definition) is 1. The van der Waals surface area contributed by atoms with Crippen molar-refractivity contribution in [2.75, 3.05) is 0 Å². The third-order valence-electron chi connectivity index (χ3n) is 2.41. The summed E-state index contributed by atoms with van der Waals surface area (Å²) in [5.41, 5.74) is 2.04. The number of aliphatic imine (C=N–C) groups is 1. The molecule has 2 aromatic rings. The Labute approximate surface area is 86.2 Å². The number of allylic oxidation sites excluding steroid dienone is 1. The van der Waals surface area contributed by atoms with E-state index in [1.54, 1.807) is 18.7 Å². The molecule has 1 aromatic heterocycles. The van der Waals surface area contributed by atoms with Gasteiger partial charge in [0, 0.05) is 12.4 Å². The summed E-state index contributed by atoms with van der Waals surface area (Å²) in [5, 5.41) is 2.32. The van der Waals surface area contributed by atoms with Crippen LogP contribution in [0.1, 0.15) is 0 Å². The van der Waals surface area contributed by atoms with Crippen molar-refractivity contribution in [3.63, 3.8) is 0 Å². The van der Waals surface area contributed by atoms with E-state index < -0.39 is 0 Å². The Hall–Kier alpha value is -2.16. The molecule has 0 spiro atoms. The molecule has 1 aliphatic rings. The van der Waals surface area contributed by atoms with Gasteiger partial charge in [-0.3, -0.25) is 4.99 Å². The van der Waals surface area contributed by atoms with Crippen LogP contribution in [0.25, 0.3) is 23.2 Å². The van der Waals surface area contributed by atoms with Gasteiger partial charge < -0.3 is 4.98 Å². The quantitative estimate of drug-likeness (QED) is 0.661. The number of aromatic nitrogens is 2. The first kappa shape index (κ1) is 8.17. The molecule has 1 N–H and O–H groups in total. The van der Waals surface area contributed by atoms with Crippen LogP contribution in [0.5, 0.6) is 0 Å². The highest BCUT2D eigenvalue weighted by Gasteiger charge is 1.95. The van der Waals surface area contributed by atoms with Gasteiger partial charge in [0.25, 0.3) is 0 Å². The normalized spacial score (nSPS) is 13.9. The fraction of sp³-hybridized carbons (Fsp3) is 0. The molecule has 0 unspecified atom stereocenters. The van der Waals surface area contributed by atoms with Crippen molar-refractivity contribution in [3.8, 4) is 0 Å². The number of fused-ring (bicyclic) bond motifs is 2. The number of aromatic amines is 1. The Morgan fingerprint density at radius 2 is 2.00 bits per heavy atom. The smallest absolute Gasteiger partial charge is 0.0931 e. The van der Waals surface area contributed by atoms with Gasteiger partial charge in [-0.2, -0.15) is 0 Å². The molecule has 3 rings (SSSR count). The molecule has 2 heterocycles. The summed E-state index contributed by atoms with van der Waals surface area (Å²) in [5.74, 6) is 0. The van der Waals surface area contributed by atoms with Gasteiger partial charge in [-0.1, -0.05) is 6.08 Å². The molecular formula is C12H9N3. The number of nitrogens with zero attached hydrogens (tertiary/aromatic N) is 2. The van der Waals surface area contributed by atoms with Crippen LogP contribution in [-0.2, 0) is 0 Å². The van der Waals surface area contributed by atoms with Crippen molar-refractivity contribution in [2.24, 2.45) is 4.99 Å². The summed E-state index contributed by atoms with van der Waals surface area (Å²) < 4.78 is 0. The molecule has 15 heavy (non-hydrogen) atoms. The summed E-state index contributed by atoms with van der Waals surface area (Å²) in [6, 6.07) is 4.15. The highest BCUT2D eigenvalue weighted by Crippen LogP contribution is 2.01. The van der Waals surface area contributed by atoms with Gasteiger partial charge in [0.1, 0.15) is 0 Å². The summed E-state index contributed by atoms with van der Waals surface area (Å²) in [4.78, 5) is 11.4. The second-order valence-electron chi connectivity index (χ2n) is 3.37. The molecule has 3 heteroatoms. The lowest BCUT2D eigenvalue weighted by atomic mass is 10.2. The van der Waals surface area contributed by atoms with Crippen molar-refractivity contribution < 1.29 is 0 Å². The van der Waals surface area contributed by atoms with E-state index >= 15 is 0 Å². The van der Waals surface area contributed by atoms with Crippen LogP contribution in [0, 0.1) is 0 Å². The molecule has 0 bridgehead atoms. The SMILES string of the molecule is C1=CN=CC=c2cc3nc[nH]c3cc2=C1. The van der Waals surface area contributed by atoms with E-state index in [0.717, 1.165) is 16.3 Å². The van der Waals surface area contributed by atoms with Crippen molar-refractivity contribution >= 4 is 29.4 Å². The van der Waals surface area contributed by atoms with Crippen LogP contribution in [0.2, 0.25) is 0 Å². The van der Waals surface area contributed by atoms with Gasteiger partial charge >= 0.3 is 0 Å². The first-order chi connectivity index (χ1) is 7.43. The Balaban J connectivity index is 2.49. The summed E-state index contributed by atoms with van der Waals surface area (Å²) in [6.07, 6.45) is 11.2. The predicted molar refractivity (Wildman–Crippen MR) is 61.9 cm³/mol. The zero-order valence-corrected chi connectivity index (χ0v) is 8.01. The summed E-state index contributed by atoms with van der Waals surface area (Å²) in [6.45, 7) is 0. The van der Waals surface area contributed by atoms with Crippen LogP contribution in [0.15, 0.2) is 35.7 Å². The Bertz CT molecular complexity index is 616. The molecule has 0 saturated heterocycles. The highest BCUT2D eigenvalue weighted by atomic mass is 14.9. The zero-order valence-electron chi connectivity index (χ0n) is 8.01. The minimum atomic E-state index is 0.983. The minimum absolute atomic E-state index is 0.983. The fourth-order valence-corrected chi connectivity index (χ4v) is 1.67. The van der Waals surface area contributed by atoms with Gasteiger partial charge in [-0.15, -0.1) is 0 Å². The van der Waals surface area contributed by atoms with Crippen LogP contribution in [0.3, 0.4) is 0 Å². The van der Waals surface area contributed by atoms with Gasteiger partial charge in [0.15, 0.2) is 0 Å². The number of hydrogen-bond acceptors (Lipinski definition) is 2. The molecule has 0 amide bonds. The molecule has 0 atom stereocenters. The van der Waals surface area contributed by atoms with E-state index in [2.05, 4.69) is 27.1 Å². The van der Waals surface area contributed by atoms with E-state index in [-0.39, 0.29) is 0 Å². The van der Waals surface area contributed by atoms with Gasteiger partial charge in [0.05, 0.1) is 17.4 Å². The number of benzene rings is 1. The molecule has 72 valence electrons. The number of imidazole rings is 1. The fourth-order valence-electron chi connectivity index (χ4n) is 1.67. The third kappa shape index (κ3) is 1.38. The van der Waals surface area contributed by atoms with Crippen molar-refractivity contribution in [3.05, 3.63) is 41.2 Å². The predicted octanol–water partition coefficient (Wildman–Crippen LogP) is 0.722. The van der Waals surface area contributed by atoms with Crippen molar-refractivity contribution in [1.82, 2.24) is 9.97 Å². The molecular weight excluding hydrogens is 186 g/mol. The Morgan fingerprint density at radius 3 is 3.00 bits per heavy atom. The molecule has 1 aliphatic heterocycles. The first-order valence-corrected chi connectivity index (χ1v) is 4.77. The highest BCUT2D eigenvalue weighted by molar-refractivity contribution is 5.92. The lowest BCUT2D eigenvalue weighted by Gasteiger charge is -1.92. The first-order valence-electron chi connectivity index (χ1n) is 4.77. The molecule has 0 radical (unpaired) electrons. The van der Waals surface area contributed by atoms with E-state index in [1.165, 1.54) is 5.22 Å². The van der Waals surface area contributed by atoms with Crippen LogP contribution in [0.4, 0.5) is 0 Å². The lowest BCUT2D eigenvalue weighted by molar-refractivity contribution is 1.34. The van der Waals surface area contributed by atoms with E-state index in [1.807, 2.05) is 18.2 Å². The summed E-state index contributed by atoms with van der Waals surface area (Å²) >= 11 is 0. The van der Waals surface area contributed by atoms with Crippen molar-refractivity contribution in [1.29, 1.82) is 0 Å². The monoisotopic (exact) mass is 195 g/mol. The molecule has 0 saturated carbocycles. The standard InChI is InChI=1S/C12H9N3/c1-2-9-6-11-12(15-8-14-11)7-10(9)3-5-13-4-1/h1-8H,(H,14,15). The average Bonchev–Trinajstić information content (AvgIpc) is 2.64.